The fourth-order valence-electron chi connectivity index (χ4n) is 2.89. The smallest absolute Gasteiger partial charge is 0.321 e. The number of hydrogen-bond donors (Lipinski definition) is 1. The predicted molar refractivity (Wildman–Crippen MR) is 101 cm³/mol. The van der Waals surface area contributed by atoms with Crippen LogP contribution in [-0.4, -0.2) is 54.5 Å². The molecule has 0 bridgehead atoms. The topological polar surface area (TPSA) is 61.9 Å². The second-order valence-corrected chi connectivity index (χ2v) is 6.17. The second kappa shape index (κ2) is 8.53. The Labute approximate surface area is 157 Å². The first-order valence-electron chi connectivity index (χ1n) is 8.90. The molecule has 1 heterocycles. The largest absolute Gasteiger partial charge is 0.494 e. The Hall–Kier alpha value is -3.09. The minimum absolute atomic E-state index is 0.0587. The van der Waals surface area contributed by atoms with Gasteiger partial charge in [0.15, 0.2) is 0 Å². The highest BCUT2D eigenvalue weighted by Crippen LogP contribution is 2.15. The zero-order chi connectivity index (χ0) is 19.2. The van der Waals surface area contributed by atoms with E-state index in [0.29, 0.717) is 44.0 Å². The Kier molecular flexibility index (Phi) is 5.90. The molecule has 0 aliphatic carbocycles. The van der Waals surface area contributed by atoms with E-state index < -0.39 is 0 Å². The number of amides is 3. The van der Waals surface area contributed by atoms with Crippen LogP contribution in [0.5, 0.6) is 5.75 Å². The van der Waals surface area contributed by atoms with E-state index in [2.05, 4.69) is 5.32 Å². The van der Waals surface area contributed by atoms with Gasteiger partial charge in [-0.2, -0.15) is 0 Å². The third-order valence-electron chi connectivity index (χ3n) is 4.36. The molecule has 3 amide bonds. The van der Waals surface area contributed by atoms with Gasteiger partial charge in [0.1, 0.15) is 11.6 Å². The molecule has 1 saturated heterocycles. The Balaban J connectivity index is 1.52. The number of benzene rings is 2. The lowest BCUT2D eigenvalue weighted by Crippen LogP contribution is -2.51. The minimum Gasteiger partial charge on any atom is -0.494 e. The molecular formula is C20H22FN3O3. The van der Waals surface area contributed by atoms with Crippen LogP contribution >= 0.6 is 0 Å². The Morgan fingerprint density at radius 3 is 2.15 bits per heavy atom. The monoisotopic (exact) mass is 371 g/mol. The highest BCUT2D eigenvalue weighted by atomic mass is 19.1. The van der Waals surface area contributed by atoms with E-state index in [0.717, 1.165) is 5.75 Å². The van der Waals surface area contributed by atoms with E-state index in [1.807, 2.05) is 6.92 Å². The molecule has 0 unspecified atom stereocenters. The van der Waals surface area contributed by atoms with Crippen molar-refractivity contribution in [3.8, 4) is 5.75 Å². The molecule has 0 saturated carbocycles. The van der Waals surface area contributed by atoms with E-state index in [1.54, 1.807) is 34.1 Å². The molecule has 27 heavy (non-hydrogen) atoms. The maximum atomic E-state index is 12.9. The number of piperazine rings is 1. The predicted octanol–water partition coefficient (Wildman–Crippen LogP) is 3.21. The van der Waals surface area contributed by atoms with Gasteiger partial charge in [-0.1, -0.05) is 0 Å². The number of urea groups is 1. The summed E-state index contributed by atoms with van der Waals surface area (Å²) >= 11 is 0. The maximum absolute atomic E-state index is 12.9. The highest BCUT2D eigenvalue weighted by molar-refractivity contribution is 5.95. The van der Waals surface area contributed by atoms with Gasteiger partial charge in [-0.15, -0.1) is 0 Å². The number of nitrogens with zero attached hydrogens (tertiary/aromatic N) is 2. The van der Waals surface area contributed by atoms with Crippen molar-refractivity contribution in [1.29, 1.82) is 0 Å². The SMILES string of the molecule is CCOc1ccc(C(=O)N2CCN(C(=O)Nc3ccc(F)cc3)CC2)cc1. The first-order chi connectivity index (χ1) is 13.1. The van der Waals surface area contributed by atoms with Gasteiger partial charge in [0.25, 0.3) is 5.91 Å². The molecule has 0 radical (unpaired) electrons. The summed E-state index contributed by atoms with van der Waals surface area (Å²) in [7, 11) is 0. The third kappa shape index (κ3) is 4.75. The zero-order valence-electron chi connectivity index (χ0n) is 15.2. The van der Waals surface area contributed by atoms with Gasteiger partial charge in [0.05, 0.1) is 6.61 Å². The molecule has 0 spiro atoms. The molecule has 2 aromatic carbocycles. The Morgan fingerprint density at radius 2 is 1.56 bits per heavy atom. The second-order valence-electron chi connectivity index (χ2n) is 6.17. The van der Waals surface area contributed by atoms with Crippen molar-refractivity contribution in [3.05, 3.63) is 59.9 Å². The number of rotatable bonds is 4. The summed E-state index contributed by atoms with van der Waals surface area (Å²) in [6.45, 7) is 4.29. The average molecular weight is 371 g/mol. The van der Waals surface area contributed by atoms with Crippen LogP contribution in [0.1, 0.15) is 17.3 Å². The lowest BCUT2D eigenvalue weighted by molar-refractivity contribution is 0.0671. The summed E-state index contributed by atoms with van der Waals surface area (Å²) in [5.74, 6) is 0.322. The molecule has 142 valence electrons. The van der Waals surface area contributed by atoms with E-state index in [1.165, 1.54) is 24.3 Å². The standard InChI is InChI=1S/C20H22FN3O3/c1-2-27-18-9-3-15(4-10-18)19(25)23-11-13-24(14-12-23)20(26)22-17-7-5-16(21)6-8-17/h3-10H,2,11-14H2,1H3,(H,22,26). The van der Waals surface area contributed by atoms with E-state index >= 15 is 0 Å². The molecule has 0 aromatic heterocycles. The van der Waals surface area contributed by atoms with Crippen LogP contribution in [0.4, 0.5) is 14.9 Å². The molecule has 7 heteroatoms. The van der Waals surface area contributed by atoms with E-state index in [4.69, 9.17) is 4.74 Å². The summed E-state index contributed by atoms with van der Waals surface area (Å²) in [4.78, 5) is 28.3. The van der Waals surface area contributed by atoms with Gasteiger partial charge >= 0.3 is 6.03 Å². The van der Waals surface area contributed by atoms with Crippen molar-refractivity contribution < 1.29 is 18.7 Å². The molecular weight excluding hydrogens is 349 g/mol. The number of halogens is 1. The normalized spacial score (nSPS) is 14.0. The molecule has 1 N–H and O–H groups in total. The lowest BCUT2D eigenvalue weighted by atomic mass is 10.1. The van der Waals surface area contributed by atoms with E-state index in [9.17, 15) is 14.0 Å². The van der Waals surface area contributed by atoms with Gasteiger partial charge in [0, 0.05) is 37.4 Å². The average Bonchev–Trinajstić information content (AvgIpc) is 2.70. The number of anilines is 1. The number of carbonyl (C=O) groups is 2. The summed E-state index contributed by atoms with van der Waals surface area (Å²) in [5.41, 5.74) is 1.14. The van der Waals surface area contributed by atoms with E-state index in [-0.39, 0.29) is 17.8 Å². The minimum atomic E-state index is -0.352. The van der Waals surface area contributed by atoms with Crippen LogP contribution in [-0.2, 0) is 0 Å². The summed E-state index contributed by atoms with van der Waals surface area (Å²) in [6.07, 6.45) is 0. The van der Waals surface area contributed by atoms with Gasteiger partial charge in [-0.3, -0.25) is 4.79 Å². The first kappa shape index (κ1) is 18.7. The number of nitrogens with one attached hydrogen (secondary N) is 1. The fourth-order valence-corrected chi connectivity index (χ4v) is 2.89. The Morgan fingerprint density at radius 1 is 0.963 bits per heavy atom. The van der Waals surface area contributed by atoms with Crippen molar-refractivity contribution in [2.24, 2.45) is 0 Å². The fraction of sp³-hybridized carbons (Fsp3) is 0.300. The highest BCUT2D eigenvalue weighted by Gasteiger charge is 2.25. The molecule has 2 aromatic rings. The molecule has 1 aliphatic heterocycles. The van der Waals surface area contributed by atoms with Gasteiger partial charge in [-0.25, -0.2) is 9.18 Å². The molecule has 6 nitrogen and oxygen atoms in total. The first-order valence-corrected chi connectivity index (χ1v) is 8.90. The molecule has 1 fully saturated rings. The van der Waals surface area contributed by atoms with Crippen molar-refractivity contribution in [3.63, 3.8) is 0 Å². The molecule has 0 atom stereocenters. The summed E-state index contributed by atoms with van der Waals surface area (Å²) < 4.78 is 18.3. The van der Waals surface area contributed by atoms with Crippen LogP contribution in [0.15, 0.2) is 48.5 Å². The van der Waals surface area contributed by atoms with Crippen molar-refractivity contribution in [1.82, 2.24) is 9.80 Å². The van der Waals surface area contributed by atoms with Crippen LogP contribution in [0.25, 0.3) is 0 Å². The quantitative estimate of drug-likeness (QED) is 0.898. The summed E-state index contributed by atoms with van der Waals surface area (Å²) in [5, 5.41) is 2.74. The molecule has 1 aliphatic rings. The van der Waals surface area contributed by atoms with Gasteiger partial charge < -0.3 is 19.9 Å². The maximum Gasteiger partial charge on any atom is 0.321 e. The van der Waals surface area contributed by atoms with Crippen molar-refractivity contribution >= 4 is 17.6 Å². The number of ether oxygens (including phenoxy) is 1. The van der Waals surface area contributed by atoms with Crippen molar-refractivity contribution in [2.75, 3.05) is 38.1 Å². The van der Waals surface area contributed by atoms with Crippen LogP contribution < -0.4 is 10.1 Å². The Bertz CT molecular complexity index is 785. The zero-order valence-corrected chi connectivity index (χ0v) is 15.2. The molecule has 3 rings (SSSR count). The van der Waals surface area contributed by atoms with Crippen LogP contribution in [0, 0.1) is 5.82 Å². The van der Waals surface area contributed by atoms with Crippen LogP contribution in [0.2, 0.25) is 0 Å². The summed E-state index contributed by atoms with van der Waals surface area (Å²) in [6, 6.07) is 12.4. The number of hydrogen-bond acceptors (Lipinski definition) is 3. The number of carbonyl (C=O) groups excluding carboxylic acids is 2. The van der Waals surface area contributed by atoms with Gasteiger partial charge in [0.2, 0.25) is 0 Å². The van der Waals surface area contributed by atoms with Crippen molar-refractivity contribution in [2.45, 2.75) is 6.92 Å². The lowest BCUT2D eigenvalue weighted by Gasteiger charge is -2.34. The van der Waals surface area contributed by atoms with Crippen LogP contribution in [0.3, 0.4) is 0 Å². The third-order valence-corrected chi connectivity index (χ3v) is 4.36. The van der Waals surface area contributed by atoms with Gasteiger partial charge in [-0.05, 0) is 55.5 Å².